The van der Waals surface area contributed by atoms with Crippen LogP contribution in [0.2, 0.25) is 0 Å². The molecule has 0 aliphatic heterocycles. The zero-order valence-electron chi connectivity index (χ0n) is 9.35. The van der Waals surface area contributed by atoms with Crippen molar-refractivity contribution in [2.24, 2.45) is 0 Å². The summed E-state index contributed by atoms with van der Waals surface area (Å²) in [6.45, 7) is 1.76. The van der Waals surface area contributed by atoms with Gasteiger partial charge in [0.05, 0.1) is 11.0 Å². The number of anilines is 1. The van der Waals surface area contributed by atoms with Crippen molar-refractivity contribution in [1.29, 1.82) is 0 Å². The zero-order valence-corrected chi connectivity index (χ0v) is 11.8. The first kappa shape index (κ1) is 14.4. The molecular weight excluding hydrogens is 308 g/mol. The van der Waals surface area contributed by atoms with Crippen LogP contribution in [-0.2, 0) is 10.0 Å². The van der Waals surface area contributed by atoms with Crippen LogP contribution < -0.4 is 10.5 Å². The van der Waals surface area contributed by atoms with Gasteiger partial charge < -0.3 is 10.8 Å². The van der Waals surface area contributed by atoms with Gasteiger partial charge in [-0.1, -0.05) is 6.92 Å². The van der Waals surface area contributed by atoms with E-state index >= 15 is 0 Å². The highest BCUT2D eigenvalue weighted by Crippen LogP contribution is 2.23. The number of aliphatic hydroxyl groups is 1. The number of halogens is 1. The number of benzene rings is 1. The molecule has 1 unspecified atom stereocenters. The van der Waals surface area contributed by atoms with Gasteiger partial charge in [0.1, 0.15) is 0 Å². The molecule has 0 aliphatic rings. The predicted octanol–water partition coefficient (Wildman–Crippen LogP) is 1.08. The van der Waals surface area contributed by atoms with Crippen LogP contribution in [0, 0.1) is 0 Å². The van der Waals surface area contributed by atoms with E-state index in [9.17, 15) is 13.5 Å². The van der Waals surface area contributed by atoms with E-state index in [0.717, 1.165) is 0 Å². The largest absolute Gasteiger partial charge is 0.399 e. The lowest BCUT2D eigenvalue weighted by Gasteiger charge is -2.11. The minimum atomic E-state index is -3.66. The summed E-state index contributed by atoms with van der Waals surface area (Å²) >= 11 is 3.15. The van der Waals surface area contributed by atoms with Gasteiger partial charge >= 0.3 is 0 Å². The van der Waals surface area contributed by atoms with E-state index in [-0.39, 0.29) is 11.4 Å². The number of hydrogen-bond donors (Lipinski definition) is 3. The highest BCUT2D eigenvalue weighted by Gasteiger charge is 2.18. The number of nitrogens with one attached hydrogen (secondary N) is 1. The number of nitrogens with two attached hydrogens (primary N) is 1. The molecule has 7 heteroatoms. The molecule has 0 aliphatic carbocycles. The third-order valence-electron chi connectivity index (χ3n) is 2.23. The smallest absolute Gasteiger partial charge is 0.241 e. The van der Waals surface area contributed by atoms with E-state index < -0.39 is 16.1 Å². The molecule has 4 N–H and O–H groups in total. The maximum Gasteiger partial charge on any atom is 0.241 e. The number of nitrogen functional groups attached to an aromatic ring is 1. The molecular formula is C10H15BrN2O3S. The van der Waals surface area contributed by atoms with Crippen molar-refractivity contribution in [2.75, 3.05) is 12.3 Å². The predicted molar refractivity (Wildman–Crippen MR) is 70.0 cm³/mol. The van der Waals surface area contributed by atoms with Crippen LogP contribution in [0.15, 0.2) is 27.6 Å². The van der Waals surface area contributed by atoms with Crippen LogP contribution in [0.1, 0.15) is 13.3 Å². The normalized spacial score (nSPS) is 13.6. The Morgan fingerprint density at radius 1 is 1.53 bits per heavy atom. The molecule has 1 aromatic rings. The molecule has 1 rings (SSSR count). The average molecular weight is 323 g/mol. The molecule has 1 atom stereocenters. The van der Waals surface area contributed by atoms with Crippen LogP contribution in [0.4, 0.5) is 5.69 Å². The monoisotopic (exact) mass is 322 g/mol. The molecule has 0 saturated carbocycles. The molecule has 5 nitrogen and oxygen atoms in total. The fourth-order valence-corrected chi connectivity index (χ4v) is 3.22. The minimum absolute atomic E-state index is 0.0138. The van der Waals surface area contributed by atoms with Crippen molar-refractivity contribution in [3.63, 3.8) is 0 Å². The third kappa shape index (κ3) is 3.95. The summed E-state index contributed by atoms with van der Waals surface area (Å²) < 4.78 is 26.6. The fourth-order valence-electron chi connectivity index (χ4n) is 1.15. The molecule has 0 spiro atoms. The number of aliphatic hydroxyl groups excluding tert-OH is 1. The number of hydrogen-bond acceptors (Lipinski definition) is 4. The summed E-state index contributed by atoms with van der Waals surface area (Å²) in [7, 11) is -3.66. The van der Waals surface area contributed by atoms with Crippen molar-refractivity contribution >= 4 is 31.6 Å². The second-order valence-corrected chi connectivity index (χ2v) is 6.19. The lowest BCUT2D eigenvalue weighted by Crippen LogP contribution is -2.32. The van der Waals surface area contributed by atoms with Gasteiger partial charge in [-0.15, -0.1) is 0 Å². The topological polar surface area (TPSA) is 92.4 Å². The Morgan fingerprint density at radius 3 is 2.76 bits per heavy atom. The maximum atomic E-state index is 11.9. The maximum absolute atomic E-state index is 11.9. The Labute approximate surface area is 109 Å². The van der Waals surface area contributed by atoms with Gasteiger partial charge in [0.2, 0.25) is 10.0 Å². The van der Waals surface area contributed by atoms with Gasteiger partial charge in [0.25, 0.3) is 0 Å². The first-order valence-electron chi connectivity index (χ1n) is 5.09. The highest BCUT2D eigenvalue weighted by molar-refractivity contribution is 9.10. The van der Waals surface area contributed by atoms with Crippen LogP contribution in [-0.4, -0.2) is 26.2 Å². The summed E-state index contributed by atoms with van der Waals surface area (Å²) in [5.41, 5.74) is 5.91. The summed E-state index contributed by atoms with van der Waals surface area (Å²) in [4.78, 5) is 0.0702. The molecule has 0 radical (unpaired) electrons. The van der Waals surface area contributed by atoms with Crippen molar-refractivity contribution in [3.05, 3.63) is 22.7 Å². The van der Waals surface area contributed by atoms with Crippen molar-refractivity contribution < 1.29 is 13.5 Å². The summed E-state index contributed by atoms with van der Waals surface area (Å²) in [5.74, 6) is 0. The summed E-state index contributed by atoms with van der Waals surface area (Å²) in [6, 6.07) is 4.54. The van der Waals surface area contributed by atoms with Gasteiger partial charge in [0, 0.05) is 16.7 Å². The molecule has 0 saturated heterocycles. The zero-order chi connectivity index (χ0) is 13.1. The van der Waals surface area contributed by atoms with E-state index in [1.165, 1.54) is 6.07 Å². The number of rotatable bonds is 5. The van der Waals surface area contributed by atoms with E-state index in [0.29, 0.717) is 16.6 Å². The molecule has 96 valence electrons. The van der Waals surface area contributed by atoms with E-state index in [2.05, 4.69) is 20.7 Å². The Bertz CT molecular complexity index is 490. The van der Waals surface area contributed by atoms with Gasteiger partial charge in [-0.05, 0) is 40.5 Å². The van der Waals surface area contributed by atoms with E-state index in [1.54, 1.807) is 19.1 Å². The van der Waals surface area contributed by atoms with E-state index in [4.69, 9.17) is 5.73 Å². The Balaban J connectivity index is 2.93. The first-order chi connectivity index (χ1) is 7.86. The molecule has 0 heterocycles. The first-order valence-corrected chi connectivity index (χ1v) is 7.37. The van der Waals surface area contributed by atoms with Gasteiger partial charge in [0.15, 0.2) is 0 Å². The number of sulfonamides is 1. The third-order valence-corrected chi connectivity index (χ3v) is 4.64. The molecule has 0 amide bonds. The van der Waals surface area contributed by atoms with Crippen molar-refractivity contribution in [1.82, 2.24) is 4.72 Å². The SMILES string of the molecule is CCC(O)CNS(=O)(=O)c1cc(N)ccc1Br. The molecule has 1 aromatic carbocycles. The summed E-state index contributed by atoms with van der Waals surface area (Å²) in [6.07, 6.45) is -0.203. The van der Waals surface area contributed by atoms with Crippen molar-refractivity contribution in [2.45, 2.75) is 24.3 Å². The Hall–Kier alpha value is -0.630. The average Bonchev–Trinajstić information content (AvgIpc) is 2.29. The van der Waals surface area contributed by atoms with Crippen LogP contribution in [0.25, 0.3) is 0 Å². The molecule has 17 heavy (non-hydrogen) atoms. The minimum Gasteiger partial charge on any atom is -0.399 e. The second kappa shape index (κ2) is 5.81. The Kier molecular flexibility index (Phi) is 4.93. The van der Waals surface area contributed by atoms with E-state index in [1.807, 2.05) is 0 Å². The Morgan fingerprint density at radius 2 is 2.18 bits per heavy atom. The van der Waals surface area contributed by atoms with Gasteiger partial charge in [-0.2, -0.15) is 0 Å². The molecule has 0 fully saturated rings. The fraction of sp³-hybridized carbons (Fsp3) is 0.400. The highest BCUT2D eigenvalue weighted by atomic mass is 79.9. The van der Waals surface area contributed by atoms with Gasteiger partial charge in [-0.25, -0.2) is 13.1 Å². The molecule has 0 bridgehead atoms. The summed E-state index contributed by atoms with van der Waals surface area (Å²) in [5, 5.41) is 9.33. The van der Waals surface area contributed by atoms with Crippen molar-refractivity contribution in [3.8, 4) is 0 Å². The standard InChI is InChI=1S/C10H15BrN2O3S/c1-2-8(14)6-13-17(15,16)10-5-7(12)3-4-9(10)11/h3-5,8,13-14H,2,6,12H2,1H3. The van der Waals surface area contributed by atoms with Crippen LogP contribution >= 0.6 is 15.9 Å². The van der Waals surface area contributed by atoms with Crippen LogP contribution in [0.3, 0.4) is 0 Å². The lowest BCUT2D eigenvalue weighted by atomic mass is 10.3. The second-order valence-electron chi connectivity index (χ2n) is 3.60. The van der Waals surface area contributed by atoms with Crippen LogP contribution in [0.5, 0.6) is 0 Å². The quantitative estimate of drug-likeness (QED) is 0.707. The molecule has 0 aromatic heterocycles. The lowest BCUT2D eigenvalue weighted by molar-refractivity contribution is 0.174. The van der Waals surface area contributed by atoms with Gasteiger partial charge in [-0.3, -0.25) is 0 Å².